The number of hydrogen-bond donors (Lipinski definition) is 2. The predicted octanol–water partition coefficient (Wildman–Crippen LogP) is 2.31. The molecule has 0 bridgehead atoms. The van der Waals surface area contributed by atoms with Gasteiger partial charge in [0.25, 0.3) is 15.9 Å². The molecule has 30 heavy (non-hydrogen) atoms. The zero-order valence-electron chi connectivity index (χ0n) is 16.2. The van der Waals surface area contributed by atoms with Crippen LogP contribution in [0, 0.1) is 10.1 Å². The van der Waals surface area contributed by atoms with E-state index in [1.807, 2.05) is 0 Å². The molecule has 1 aliphatic heterocycles. The first kappa shape index (κ1) is 21.5. The summed E-state index contributed by atoms with van der Waals surface area (Å²) in [6.45, 7) is 0.982. The van der Waals surface area contributed by atoms with Gasteiger partial charge in [-0.2, -0.15) is 0 Å². The van der Waals surface area contributed by atoms with E-state index in [1.165, 1.54) is 31.4 Å². The van der Waals surface area contributed by atoms with Crippen molar-refractivity contribution in [3.8, 4) is 5.75 Å². The van der Waals surface area contributed by atoms with Gasteiger partial charge in [0.15, 0.2) is 5.75 Å². The zero-order valence-corrected chi connectivity index (χ0v) is 17.0. The van der Waals surface area contributed by atoms with Crippen molar-refractivity contribution < 1.29 is 27.6 Å². The average molecular weight is 435 g/mol. The number of nitrogens with zero attached hydrogens (tertiary/aromatic N) is 1. The Morgan fingerprint density at radius 1 is 1.30 bits per heavy atom. The Morgan fingerprint density at radius 2 is 2.07 bits per heavy atom. The third kappa shape index (κ3) is 4.86. The van der Waals surface area contributed by atoms with E-state index in [-0.39, 0.29) is 28.0 Å². The van der Waals surface area contributed by atoms with E-state index in [0.29, 0.717) is 13.2 Å². The fourth-order valence-corrected chi connectivity index (χ4v) is 4.16. The largest absolute Gasteiger partial charge is 0.490 e. The Morgan fingerprint density at radius 3 is 2.73 bits per heavy atom. The van der Waals surface area contributed by atoms with Crippen molar-refractivity contribution in [3.05, 3.63) is 58.1 Å². The average Bonchev–Trinajstić information content (AvgIpc) is 3.25. The zero-order chi connectivity index (χ0) is 21.7. The molecule has 160 valence electrons. The fourth-order valence-electron chi connectivity index (χ4n) is 3.06. The van der Waals surface area contributed by atoms with Crippen LogP contribution in [-0.4, -0.2) is 45.6 Å². The standard InChI is InChI=1S/C19H21N3O7S/c1-28-18-9-8-14(11-17(18)22(24)25)30(26,27)21-16-7-3-2-6-15(16)19(23)20-12-13-5-4-10-29-13/h2-3,6-9,11,13,21H,4-5,10,12H2,1H3,(H,20,23)/t13-/m0/s1. The molecule has 10 nitrogen and oxygen atoms in total. The quantitative estimate of drug-likeness (QED) is 0.479. The minimum atomic E-state index is -4.20. The molecule has 1 saturated heterocycles. The van der Waals surface area contributed by atoms with Crippen LogP contribution in [-0.2, 0) is 14.8 Å². The SMILES string of the molecule is COc1ccc(S(=O)(=O)Nc2ccccc2C(=O)NC[C@@H]2CCCO2)cc1[N+](=O)[O-]. The Kier molecular flexibility index (Phi) is 6.53. The van der Waals surface area contributed by atoms with Crippen LogP contribution in [0.1, 0.15) is 23.2 Å². The summed E-state index contributed by atoms with van der Waals surface area (Å²) < 4.78 is 38.3. The molecular formula is C19H21N3O7S. The lowest BCUT2D eigenvalue weighted by Gasteiger charge is -2.14. The monoisotopic (exact) mass is 435 g/mol. The summed E-state index contributed by atoms with van der Waals surface area (Å²) in [4.78, 5) is 22.7. The number of carbonyl (C=O) groups is 1. The van der Waals surface area contributed by atoms with Gasteiger partial charge >= 0.3 is 5.69 Å². The Hall–Kier alpha value is -3.18. The molecule has 0 aliphatic carbocycles. The highest BCUT2D eigenvalue weighted by molar-refractivity contribution is 7.92. The summed E-state index contributed by atoms with van der Waals surface area (Å²) in [7, 11) is -2.95. The minimum absolute atomic E-state index is 0.0563. The lowest BCUT2D eigenvalue weighted by Crippen LogP contribution is -2.32. The van der Waals surface area contributed by atoms with Gasteiger partial charge in [-0.15, -0.1) is 0 Å². The van der Waals surface area contributed by atoms with Crippen LogP contribution in [0.2, 0.25) is 0 Å². The smallest absolute Gasteiger partial charge is 0.312 e. The van der Waals surface area contributed by atoms with Crippen LogP contribution in [0.3, 0.4) is 0 Å². The second-order valence-corrected chi connectivity index (χ2v) is 8.27. The topological polar surface area (TPSA) is 137 Å². The van der Waals surface area contributed by atoms with E-state index in [4.69, 9.17) is 9.47 Å². The van der Waals surface area contributed by atoms with Crippen molar-refractivity contribution in [3.63, 3.8) is 0 Å². The third-order valence-electron chi connectivity index (χ3n) is 4.59. The number of nitro benzene ring substituents is 1. The van der Waals surface area contributed by atoms with E-state index >= 15 is 0 Å². The molecule has 2 N–H and O–H groups in total. The van der Waals surface area contributed by atoms with Gasteiger partial charge in [-0.1, -0.05) is 12.1 Å². The van der Waals surface area contributed by atoms with Crippen molar-refractivity contribution >= 4 is 27.3 Å². The first-order valence-corrected chi connectivity index (χ1v) is 10.6. The molecular weight excluding hydrogens is 414 g/mol. The molecule has 2 aromatic rings. The molecule has 1 atom stereocenters. The maximum absolute atomic E-state index is 12.8. The summed E-state index contributed by atoms with van der Waals surface area (Å²) in [5.74, 6) is -0.516. The van der Waals surface area contributed by atoms with Gasteiger partial charge < -0.3 is 14.8 Å². The van der Waals surface area contributed by atoms with Crippen molar-refractivity contribution in [2.45, 2.75) is 23.8 Å². The predicted molar refractivity (Wildman–Crippen MR) is 108 cm³/mol. The van der Waals surface area contributed by atoms with Gasteiger partial charge in [0.05, 0.1) is 34.3 Å². The lowest BCUT2D eigenvalue weighted by atomic mass is 10.1. The van der Waals surface area contributed by atoms with Gasteiger partial charge in [0.1, 0.15) is 0 Å². The maximum atomic E-state index is 12.8. The number of anilines is 1. The number of hydrogen-bond acceptors (Lipinski definition) is 7. The molecule has 0 spiro atoms. The van der Waals surface area contributed by atoms with E-state index < -0.39 is 26.5 Å². The summed E-state index contributed by atoms with van der Waals surface area (Å²) in [6.07, 6.45) is 1.73. The maximum Gasteiger partial charge on any atom is 0.312 e. The first-order chi connectivity index (χ1) is 14.3. The molecule has 0 saturated carbocycles. The highest BCUT2D eigenvalue weighted by Gasteiger charge is 2.24. The van der Waals surface area contributed by atoms with Crippen LogP contribution >= 0.6 is 0 Å². The molecule has 3 rings (SSSR count). The minimum Gasteiger partial charge on any atom is -0.490 e. The number of sulfonamides is 1. The van der Waals surface area contributed by atoms with Gasteiger partial charge in [-0.3, -0.25) is 19.6 Å². The van der Waals surface area contributed by atoms with E-state index in [2.05, 4.69) is 10.0 Å². The second kappa shape index (κ2) is 9.09. The Labute approximate surface area is 173 Å². The van der Waals surface area contributed by atoms with E-state index in [9.17, 15) is 23.3 Å². The van der Waals surface area contributed by atoms with Crippen molar-refractivity contribution in [1.29, 1.82) is 0 Å². The number of nitrogens with one attached hydrogen (secondary N) is 2. The number of para-hydroxylation sites is 1. The Balaban J connectivity index is 1.82. The van der Waals surface area contributed by atoms with Crippen molar-refractivity contribution in [1.82, 2.24) is 5.32 Å². The molecule has 1 amide bonds. The number of rotatable bonds is 8. The number of amides is 1. The Bertz CT molecular complexity index is 1050. The fraction of sp³-hybridized carbons (Fsp3) is 0.316. The lowest BCUT2D eigenvalue weighted by molar-refractivity contribution is -0.386. The molecule has 1 heterocycles. The van der Waals surface area contributed by atoms with Crippen LogP contribution in [0.5, 0.6) is 5.75 Å². The van der Waals surface area contributed by atoms with Gasteiger partial charge in [-0.25, -0.2) is 8.42 Å². The number of methoxy groups -OCH3 is 1. The van der Waals surface area contributed by atoms with Crippen molar-refractivity contribution in [2.75, 3.05) is 25.0 Å². The highest BCUT2D eigenvalue weighted by atomic mass is 32.2. The molecule has 1 fully saturated rings. The number of ether oxygens (including phenoxy) is 2. The molecule has 0 radical (unpaired) electrons. The van der Waals surface area contributed by atoms with Gasteiger partial charge in [-0.05, 0) is 37.1 Å². The molecule has 0 unspecified atom stereocenters. The van der Waals surface area contributed by atoms with E-state index in [1.54, 1.807) is 12.1 Å². The van der Waals surface area contributed by atoms with Gasteiger partial charge in [0.2, 0.25) is 0 Å². The molecule has 0 aromatic heterocycles. The van der Waals surface area contributed by atoms with E-state index in [0.717, 1.165) is 18.9 Å². The number of nitro groups is 1. The summed E-state index contributed by atoms with van der Waals surface area (Å²) in [6, 6.07) is 9.40. The molecule has 2 aromatic carbocycles. The normalized spacial score (nSPS) is 16.1. The highest BCUT2D eigenvalue weighted by Crippen LogP contribution is 2.30. The van der Waals surface area contributed by atoms with Gasteiger partial charge in [0, 0.05) is 19.2 Å². The third-order valence-corrected chi connectivity index (χ3v) is 5.95. The summed E-state index contributed by atoms with van der Waals surface area (Å²) >= 11 is 0. The molecule has 11 heteroatoms. The molecule has 1 aliphatic rings. The first-order valence-electron chi connectivity index (χ1n) is 9.16. The number of benzene rings is 2. The number of carbonyl (C=O) groups excluding carboxylic acids is 1. The van der Waals surface area contributed by atoms with Crippen LogP contribution in [0.15, 0.2) is 47.4 Å². The summed E-state index contributed by atoms with van der Waals surface area (Å²) in [5, 5.41) is 13.9. The van der Waals surface area contributed by atoms with Crippen LogP contribution < -0.4 is 14.8 Å². The second-order valence-electron chi connectivity index (χ2n) is 6.59. The van der Waals surface area contributed by atoms with Crippen LogP contribution in [0.25, 0.3) is 0 Å². The summed E-state index contributed by atoms with van der Waals surface area (Å²) in [5.41, 5.74) is -0.300. The van der Waals surface area contributed by atoms with Crippen LogP contribution in [0.4, 0.5) is 11.4 Å². The van der Waals surface area contributed by atoms with Crippen molar-refractivity contribution in [2.24, 2.45) is 0 Å².